The van der Waals surface area contributed by atoms with E-state index in [0.717, 1.165) is 12.3 Å². The number of rotatable bonds is 6. The van der Waals surface area contributed by atoms with Gasteiger partial charge in [0.25, 0.3) is 5.69 Å². The first-order valence-corrected chi connectivity index (χ1v) is 12.5. The fraction of sp³-hybridized carbons (Fsp3) is 0.625. The number of piperidine rings is 1. The highest BCUT2D eigenvalue weighted by molar-refractivity contribution is 7.89. The number of nitrogens with zero attached hydrogens (tertiary/aromatic N) is 3. The Morgan fingerprint density at radius 3 is 2.24 bits per heavy atom. The van der Waals surface area contributed by atoms with E-state index in [4.69, 9.17) is 4.74 Å². The molecule has 0 aliphatic carbocycles. The van der Waals surface area contributed by atoms with Gasteiger partial charge in [0.2, 0.25) is 20.0 Å². The summed E-state index contributed by atoms with van der Waals surface area (Å²) in [5.74, 6) is 0. The van der Waals surface area contributed by atoms with Gasteiger partial charge in [-0.3, -0.25) is 10.1 Å². The second-order valence-corrected chi connectivity index (χ2v) is 11.0. The van der Waals surface area contributed by atoms with E-state index in [2.05, 4.69) is 5.32 Å². The molecule has 0 bridgehead atoms. The first-order valence-electron chi connectivity index (χ1n) is 9.17. The quantitative estimate of drug-likeness (QED) is 0.489. The molecule has 1 aromatic carbocycles. The molecule has 1 aromatic rings. The molecule has 2 saturated heterocycles. The van der Waals surface area contributed by atoms with Crippen molar-refractivity contribution >= 4 is 31.4 Å². The molecule has 1 N–H and O–H groups in total. The van der Waals surface area contributed by atoms with Crippen LogP contribution in [0.4, 0.5) is 11.4 Å². The maximum absolute atomic E-state index is 12.8. The fourth-order valence-electron chi connectivity index (χ4n) is 3.43. The third-order valence-electron chi connectivity index (χ3n) is 5.06. The number of nitro benzene ring substituents is 1. The lowest BCUT2D eigenvalue weighted by Crippen LogP contribution is -2.42. The van der Waals surface area contributed by atoms with E-state index >= 15 is 0 Å². The summed E-state index contributed by atoms with van der Waals surface area (Å²) in [4.78, 5) is 10.8. The fourth-order valence-corrected chi connectivity index (χ4v) is 5.74. The van der Waals surface area contributed by atoms with Crippen molar-refractivity contribution in [3.63, 3.8) is 0 Å². The van der Waals surface area contributed by atoms with Gasteiger partial charge in [-0.05, 0) is 25.0 Å². The average molecular weight is 449 g/mol. The lowest BCUT2D eigenvalue weighted by molar-refractivity contribution is -0.384. The maximum Gasteiger partial charge on any atom is 0.293 e. The minimum Gasteiger partial charge on any atom is -0.379 e. The molecule has 0 unspecified atom stereocenters. The van der Waals surface area contributed by atoms with Crippen molar-refractivity contribution in [2.75, 3.05) is 51.0 Å². The summed E-state index contributed by atoms with van der Waals surface area (Å²) in [6.07, 6.45) is 2.15. The summed E-state index contributed by atoms with van der Waals surface area (Å²) >= 11 is 0. The molecule has 0 amide bonds. The van der Waals surface area contributed by atoms with Crippen LogP contribution in [0.2, 0.25) is 0 Å². The van der Waals surface area contributed by atoms with Crippen molar-refractivity contribution in [1.29, 1.82) is 0 Å². The minimum absolute atomic E-state index is 0.136. The van der Waals surface area contributed by atoms with Crippen LogP contribution in [-0.2, 0) is 24.8 Å². The SMILES string of the molecule is CS(=O)(=O)N1CCC(Nc2ccc(S(=O)(=O)N3CCOCC3)cc2[N+](=O)[O-])CC1. The number of nitrogens with one attached hydrogen (secondary N) is 1. The second-order valence-electron chi connectivity index (χ2n) is 7.03. The van der Waals surface area contributed by atoms with Gasteiger partial charge < -0.3 is 10.1 Å². The second kappa shape index (κ2) is 8.52. The zero-order valence-electron chi connectivity index (χ0n) is 16.0. The Morgan fingerprint density at radius 2 is 1.69 bits per heavy atom. The number of nitro groups is 1. The van der Waals surface area contributed by atoms with Gasteiger partial charge in [0, 0.05) is 38.3 Å². The number of ether oxygens (including phenoxy) is 1. The Bertz CT molecular complexity index is 967. The Kier molecular flexibility index (Phi) is 6.43. The molecule has 0 radical (unpaired) electrons. The molecule has 162 valence electrons. The van der Waals surface area contributed by atoms with Crippen LogP contribution in [0.1, 0.15) is 12.8 Å². The van der Waals surface area contributed by atoms with Gasteiger partial charge in [0.15, 0.2) is 0 Å². The Hall–Kier alpha value is -1.80. The smallest absolute Gasteiger partial charge is 0.293 e. The normalized spacial score (nSPS) is 20.4. The molecule has 2 aliphatic rings. The molecule has 0 atom stereocenters. The zero-order chi connectivity index (χ0) is 21.2. The van der Waals surface area contributed by atoms with Gasteiger partial charge in [0.1, 0.15) is 5.69 Å². The van der Waals surface area contributed by atoms with Crippen molar-refractivity contribution in [3.8, 4) is 0 Å². The average Bonchev–Trinajstić information content (AvgIpc) is 2.68. The summed E-state index contributed by atoms with van der Waals surface area (Å²) in [7, 11) is -7.10. The maximum atomic E-state index is 12.8. The lowest BCUT2D eigenvalue weighted by Gasteiger charge is -2.31. The molecular formula is C16H24N4O7S2. The topological polar surface area (TPSA) is 139 Å². The van der Waals surface area contributed by atoms with E-state index in [1.165, 1.54) is 20.7 Å². The van der Waals surface area contributed by atoms with Crippen molar-refractivity contribution in [2.24, 2.45) is 0 Å². The monoisotopic (exact) mass is 448 g/mol. The summed E-state index contributed by atoms with van der Waals surface area (Å²) in [6, 6.07) is 3.67. The predicted molar refractivity (Wildman–Crippen MR) is 106 cm³/mol. The third-order valence-corrected chi connectivity index (χ3v) is 8.25. The Balaban J connectivity index is 1.78. The van der Waals surface area contributed by atoms with Crippen molar-refractivity contribution in [2.45, 2.75) is 23.8 Å². The molecule has 29 heavy (non-hydrogen) atoms. The number of morpholine rings is 1. The molecule has 2 fully saturated rings. The van der Waals surface area contributed by atoms with Crippen LogP contribution >= 0.6 is 0 Å². The van der Waals surface area contributed by atoms with Crippen LogP contribution in [-0.4, -0.2) is 82.1 Å². The van der Waals surface area contributed by atoms with E-state index in [1.807, 2.05) is 0 Å². The summed E-state index contributed by atoms with van der Waals surface area (Å²) < 4.78 is 56.5. The first kappa shape index (κ1) is 21.9. The molecule has 3 rings (SSSR count). The molecule has 0 saturated carbocycles. The van der Waals surface area contributed by atoms with Crippen LogP contribution in [0.5, 0.6) is 0 Å². The van der Waals surface area contributed by atoms with Crippen LogP contribution in [0.25, 0.3) is 0 Å². The highest BCUT2D eigenvalue weighted by Gasteiger charge is 2.30. The molecule has 13 heteroatoms. The van der Waals surface area contributed by atoms with Gasteiger partial charge in [-0.15, -0.1) is 0 Å². The molecular weight excluding hydrogens is 424 g/mol. The lowest BCUT2D eigenvalue weighted by atomic mass is 10.1. The number of benzene rings is 1. The van der Waals surface area contributed by atoms with Gasteiger partial charge in [-0.2, -0.15) is 4.31 Å². The van der Waals surface area contributed by atoms with Gasteiger partial charge in [0.05, 0.1) is 29.3 Å². The number of anilines is 1. The largest absolute Gasteiger partial charge is 0.379 e. The van der Waals surface area contributed by atoms with Gasteiger partial charge in [-0.1, -0.05) is 0 Å². The predicted octanol–water partition coefficient (Wildman–Crippen LogP) is 0.452. The van der Waals surface area contributed by atoms with Crippen LogP contribution in [0.3, 0.4) is 0 Å². The Labute approximate surface area is 169 Å². The van der Waals surface area contributed by atoms with Crippen LogP contribution in [0.15, 0.2) is 23.1 Å². The van der Waals surface area contributed by atoms with Gasteiger partial charge >= 0.3 is 0 Å². The van der Waals surface area contributed by atoms with Crippen LogP contribution in [0, 0.1) is 10.1 Å². The molecule has 11 nitrogen and oxygen atoms in total. The molecule has 2 aliphatic heterocycles. The summed E-state index contributed by atoms with van der Waals surface area (Å²) in [5.41, 5.74) is -0.112. The van der Waals surface area contributed by atoms with Crippen molar-refractivity contribution in [3.05, 3.63) is 28.3 Å². The molecule has 0 aromatic heterocycles. The van der Waals surface area contributed by atoms with Crippen LogP contribution < -0.4 is 5.32 Å². The minimum atomic E-state index is -3.84. The van der Waals surface area contributed by atoms with Crippen molar-refractivity contribution in [1.82, 2.24) is 8.61 Å². The van der Waals surface area contributed by atoms with E-state index in [1.54, 1.807) is 0 Å². The molecule has 2 heterocycles. The van der Waals surface area contributed by atoms with E-state index in [9.17, 15) is 26.9 Å². The van der Waals surface area contributed by atoms with E-state index in [0.29, 0.717) is 25.9 Å². The van der Waals surface area contributed by atoms with E-state index in [-0.39, 0.29) is 48.6 Å². The first-order chi connectivity index (χ1) is 13.6. The highest BCUT2D eigenvalue weighted by atomic mass is 32.2. The molecule has 0 spiro atoms. The number of hydrogen-bond acceptors (Lipinski definition) is 8. The number of hydrogen-bond donors (Lipinski definition) is 1. The zero-order valence-corrected chi connectivity index (χ0v) is 17.6. The van der Waals surface area contributed by atoms with Crippen molar-refractivity contribution < 1.29 is 26.5 Å². The van der Waals surface area contributed by atoms with Gasteiger partial charge in [-0.25, -0.2) is 21.1 Å². The number of sulfonamides is 2. The summed E-state index contributed by atoms with van der Waals surface area (Å²) in [6.45, 7) is 1.63. The Morgan fingerprint density at radius 1 is 1.07 bits per heavy atom. The highest BCUT2D eigenvalue weighted by Crippen LogP contribution is 2.31. The van der Waals surface area contributed by atoms with E-state index < -0.39 is 25.0 Å². The standard InChI is InChI=1S/C16H24N4O7S2/c1-28(23,24)18-6-4-13(5-7-18)17-15-3-2-14(12-16(15)20(21)22)29(25,26)19-8-10-27-11-9-19/h2-3,12-13,17H,4-11H2,1H3. The summed E-state index contributed by atoms with van der Waals surface area (Å²) in [5, 5.41) is 14.6. The third kappa shape index (κ3) is 5.04.